The fourth-order valence-corrected chi connectivity index (χ4v) is 1.72. The molecule has 0 atom stereocenters. The number of hydrogen-bond donors (Lipinski definition) is 1. The number of hydrogen-bond acceptors (Lipinski definition) is 3. The van der Waals surface area contributed by atoms with Crippen molar-refractivity contribution < 1.29 is 4.74 Å². The van der Waals surface area contributed by atoms with Gasteiger partial charge in [0.2, 0.25) is 0 Å². The molecular weight excluding hydrogens is 188 g/mol. The minimum atomic E-state index is 0.734. The Labute approximate surface area is 89.5 Å². The highest BCUT2D eigenvalue weighted by Gasteiger charge is 2.14. The monoisotopic (exact) mass is 202 g/mol. The van der Waals surface area contributed by atoms with Crippen LogP contribution in [0, 0.1) is 5.41 Å². The maximum atomic E-state index is 7.36. The normalized spacial score (nSPS) is 15.9. The Morgan fingerprint density at radius 1 is 1.20 bits per heavy atom. The highest BCUT2D eigenvalue weighted by atomic mass is 16.5. The molecule has 0 aromatic heterocycles. The Morgan fingerprint density at radius 3 is 2.47 bits per heavy atom. The van der Waals surface area contributed by atoms with Crippen molar-refractivity contribution in [3.05, 3.63) is 35.9 Å². The molecule has 1 aromatic rings. The maximum absolute atomic E-state index is 7.36. The lowest BCUT2D eigenvalue weighted by Crippen LogP contribution is -2.35. The maximum Gasteiger partial charge on any atom is 0.106 e. The first-order valence-electron chi connectivity index (χ1n) is 5.09. The zero-order valence-electron chi connectivity index (χ0n) is 8.57. The van der Waals surface area contributed by atoms with Crippen LogP contribution >= 0.6 is 0 Å². The smallest absolute Gasteiger partial charge is 0.106 e. The van der Waals surface area contributed by atoms with Crippen LogP contribution in [0.5, 0.6) is 0 Å². The summed E-state index contributed by atoms with van der Waals surface area (Å²) in [7, 11) is 0. The lowest BCUT2D eigenvalue weighted by molar-refractivity contribution is 0.0644. The average Bonchev–Trinajstić information content (AvgIpc) is 2.33. The zero-order valence-corrected chi connectivity index (χ0v) is 8.57. The third-order valence-electron chi connectivity index (χ3n) is 2.49. The minimum Gasteiger partial charge on any atom is -0.378 e. The fraction of sp³-hybridized carbons (Fsp3) is 0.333. The zero-order chi connectivity index (χ0) is 10.5. The van der Waals surface area contributed by atoms with E-state index < -0.39 is 0 Å². The summed E-state index contributed by atoms with van der Waals surface area (Å²) >= 11 is 0. The lowest BCUT2D eigenvalue weighted by atomic mass is 10.1. The quantitative estimate of drug-likeness (QED) is 0.740. The lowest BCUT2D eigenvalue weighted by Gasteiger charge is -2.29. The number of ether oxygens (including phenoxy) is 1. The SMILES string of the molecule is N=C=C(c1ccccc1)N1CCOCC1. The molecule has 3 nitrogen and oxygen atoms in total. The molecule has 0 bridgehead atoms. The van der Waals surface area contributed by atoms with Crippen LogP contribution in [0.15, 0.2) is 30.3 Å². The van der Waals surface area contributed by atoms with Crippen LogP contribution in [0.4, 0.5) is 0 Å². The van der Waals surface area contributed by atoms with Crippen LogP contribution < -0.4 is 0 Å². The molecule has 1 aliphatic heterocycles. The molecule has 1 N–H and O–H groups in total. The van der Waals surface area contributed by atoms with Crippen molar-refractivity contribution in [3.63, 3.8) is 0 Å². The summed E-state index contributed by atoms with van der Waals surface area (Å²) in [5, 5.41) is 7.36. The molecule has 0 aliphatic carbocycles. The van der Waals surface area contributed by atoms with E-state index in [1.54, 1.807) is 0 Å². The van der Waals surface area contributed by atoms with Gasteiger partial charge >= 0.3 is 0 Å². The van der Waals surface area contributed by atoms with Crippen LogP contribution in [0.1, 0.15) is 5.56 Å². The van der Waals surface area contributed by atoms with Gasteiger partial charge in [0, 0.05) is 24.5 Å². The highest BCUT2D eigenvalue weighted by Crippen LogP contribution is 2.16. The first-order chi connectivity index (χ1) is 7.42. The first kappa shape index (κ1) is 9.97. The van der Waals surface area contributed by atoms with Crippen LogP contribution in [0.3, 0.4) is 0 Å². The van der Waals surface area contributed by atoms with Crippen LogP contribution in [0.25, 0.3) is 5.70 Å². The van der Waals surface area contributed by atoms with Gasteiger partial charge in [0.25, 0.3) is 0 Å². The molecule has 2 rings (SSSR count). The second kappa shape index (κ2) is 4.78. The number of benzene rings is 1. The van der Waals surface area contributed by atoms with Gasteiger partial charge in [-0.2, -0.15) is 0 Å². The topological polar surface area (TPSA) is 36.3 Å². The first-order valence-corrected chi connectivity index (χ1v) is 5.09. The van der Waals surface area contributed by atoms with Gasteiger partial charge in [-0.15, -0.1) is 0 Å². The molecule has 15 heavy (non-hydrogen) atoms. The number of rotatable bonds is 2. The predicted octanol–water partition coefficient (Wildman–Crippen LogP) is 1.61. The standard InChI is InChI=1S/C12H14N2O/c13-10-12(11-4-2-1-3-5-11)14-6-8-15-9-7-14/h1-5,13H,6-9H2. The van der Waals surface area contributed by atoms with Gasteiger partial charge < -0.3 is 9.64 Å². The van der Waals surface area contributed by atoms with Gasteiger partial charge in [0.15, 0.2) is 0 Å². The molecule has 0 amide bonds. The molecule has 3 heteroatoms. The highest BCUT2D eigenvalue weighted by molar-refractivity contribution is 5.87. The fourth-order valence-electron chi connectivity index (χ4n) is 1.72. The third kappa shape index (κ3) is 2.27. The van der Waals surface area contributed by atoms with Crippen LogP contribution in [-0.4, -0.2) is 37.1 Å². The second-order valence-electron chi connectivity index (χ2n) is 3.44. The van der Waals surface area contributed by atoms with Crippen molar-refractivity contribution in [1.82, 2.24) is 4.90 Å². The molecule has 0 radical (unpaired) electrons. The number of nitrogens with zero attached hydrogens (tertiary/aromatic N) is 1. The second-order valence-corrected chi connectivity index (χ2v) is 3.44. The number of nitrogens with one attached hydrogen (secondary N) is 1. The van der Waals surface area contributed by atoms with Gasteiger partial charge in [0.05, 0.1) is 13.2 Å². The van der Waals surface area contributed by atoms with Crippen LogP contribution in [0.2, 0.25) is 0 Å². The molecule has 1 heterocycles. The van der Waals surface area contributed by atoms with E-state index in [4.69, 9.17) is 10.1 Å². The Kier molecular flexibility index (Phi) is 3.18. The van der Waals surface area contributed by atoms with Gasteiger partial charge in [0.1, 0.15) is 5.70 Å². The summed E-state index contributed by atoms with van der Waals surface area (Å²) < 4.78 is 5.29. The summed E-state index contributed by atoms with van der Waals surface area (Å²) in [6.45, 7) is 3.16. The van der Waals surface area contributed by atoms with Crippen molar-refractivity contribution in [2.75, 3.05) is 26.3 Å². The number of morpholine rings is 1. The molecular formula is C12H14N2O. The van der Waals surface area contributed by atoms with E-state index in [1.807, 2.05) is 30.3 Å². The van der Waals surface area contributed by atoms with Crippen molar-refractivity contribution in [2.45, 2.75) is 0 Å². The Bertz CT molecular complexity index is 362. The molecule has 1 aliphatic rings. The van der Waals surface area contributed by atoms with Crippen molar-refractivity contribution in [2.24, 2.45) is 0 Å². The van der Waals surface area contributed by atoms with Crippen molar-refractivity contribution in [3.8, 4) is 0 Å². The summed E-state index contributed by atoms with van der Waals surface area (Å²) in [6.07, 6.45) is 0. The van der Waals surface area contributed by atoms with Crippen molar-refractivity contribution in [1.29, 1.82) is 5.41 Å². The largest absolute Gasteiger partial charge is 0.378 e. The Morgan fingerprint density at radius 2 is 1.87 bits per heavy atom. The molecule has 1 fully saturated rings. The molecule has 0 unspecified atom stereocenters. The minimum absolute atomic E-state index is 0.734. The molecule has 0 spiro atoms. The van der Waals surface area contributed by atoms with E-state index in [2.05, 4.69) is 10.8 Å². The third-order valence-corrected chi connectivity index (χ3v) is 2.49. The Hall–Kier alpha value is -1.57. The summed E-state index contributed by atoms with van der Waals surface area (Å²) in [4.78, 5) is 2.14. The van der Waals surface area contributed by atoms with Gasteiger partial charge in [-0.3, -0.25) is 5.41 Å². The Balaban J connectivity index is 2.21. The molecule has 78 valence electrons. The van der Waals surface area contributed by atoms with Crippen LogP contribution in [-0.2, 0) is 4.74 Å². The summed E-state index contributed by atoms with van der Waals surface area (Å²) in [5.41, 5.74) is 1.91. The predicted molar refractivity (Wildman–Crippen MR) is 60.0 cm³/mol. The molecule has 1 saturated heterocycles. The summed E-state index contributed by atoms with van der Waals surface area (Å²) in [6, 6.07) is 9.95. The molecule has 1 aromatic carbocycles. The van der Waals surface area contributed by atoms with Gasteiger partial charge in [-0.1, -0.05) is 30.3 Å². The van der Waals surface area contributed by atoms with E-state index in [0.717, 1.165) is 37.6 Å². The van der Waals surface area contributed by atoms with E-state index >= 15 is 0 Å². The van der Waals surface area contributed by atoms with Gasteiger partial charge in [-0.05, 0) is 0 Å². The summed E-state index contributed by atoms with van der Waals surface area (Å²) in [5.74, 6) is 2.53. The van der Waals surface area contributed by atoms with E-state index in [-0.39, 0.29) is 0 Å². The average molecular weight is 202 g/mol. The van der Waals surface area contributed by atoms with E-state index in [9.17, 15) is 0 Å². The molecule has 0 saturated carbocycles. The van der Waals surface area contributed by atoms with E-state index in [0.29, 0.717) is 0 Å². The van der Waals surface area contributed by atoms with Crippen molar-refractivity contribution >= 4 is 11.6 Å². The van der Waals surface area contributed by atoms with Gasteiger partial charge in [-0.25, -0.2) is 0 Å². The van der Waals surface area contributed by atoms with E-state index in [1.165, 1.54) is 0 Å².